The number of benzene rings is 1. The van der Waals surface area contributed by atoms with E-state index in [1.165, 1.54) is 6.33 Å². The van der Waals surface area contributed by atoms with Gasteiger partial charge in [-0.3, -0.25) is 10.1 Å². The van der Waals surface area contributed by atoms with Crippen molar-refractivity contribution in [3.63, 3.8) is 0 Å². The molecule has 0 saturated carbocycles. The average Bonchev–Trinajstić information content (AvgIpc) is 2.60. The minimum absolute atomic E-state index is 0.0387. The number of nitrogens with one attached hydrogen (secondary N) is 2. The van der Waals surface area contributed by atoms with Gasteiger partial charge in [0.25, 0.3) is 0 Å². The molecule has 2 aromatic rings. The third-order valence-corrected chi connectivity index (χ3v) is 3.75. The van der Waals surface area contributed by atoms with Crippen LogP contribution in [0.5, 0.6) is 0 Å². The molecule has 2 rings (SSSR count). The maximum Gasteiger partial charge on any atom is 0.236 e. The Morgan fingerprint density at radius 3 is 2.35 bits per heavy atom. The normalized spacial score (nSPS) is 13.3. The Hall–Kier alpha value is -2.27. The van der Waals surface area contributed by atoms with Gasteiger partial charge in [0.1, 0.15) is 6.33 Å². The molecule has 5 nitrogen and oxygen atoms in total. The minimum atomic E-state index is -0.223. The minimum Gasteiger partial charge on any atom is -0.355 e. The van der Waals surface area contributed by atoms with E-state index < -0.39 is 0 Å². The fourth-order valence-corrected chi connectivity index (χ4v) is 2.36. The first-order valence-corrected chi connectivity index (χ1v) is 8.01. The lowest BCUT2D eigenvalue weighted by Crippen LogP contribution is -2.43. The molecule has 0 radical (unpaired) electrons. The monoisotopic (exact) mass is 312 g/mol. The molecule has 0 saturated heterocycles. The van der Waals surface area contributed by atoms with Gasteiger partial charge in [0.05, 0.1) is 6.04 Å². The lowest BCUT2D eigenvalue weighted by atomic mass is 10.0. The van der Waals surface area contributed by atoms with Crippen LogP contribution in [0, 0.1) is 0 Å². The van der Waals surface area contributed by atoms with Gasteiger partial charge in [-0.2, -0.15) is 0 Å². The van der Waals surface area contributed by atoms with Crippen LogP contribution in [0.3, 0.4) is 0 Å². The first kappa shape index (κ1) is 17.1. The van der Waals surface area contributed by atoms with Gasteiger partial charge in [0.15, 0.2) is 0 Å². The van der Waals surface area contributed by atoms with E-state index in [9.17, 15) is 4.79 Å². The van der Waals surface area contributed by atoms with Crippen molar-refractivity contribution in [1.82, 2.24) is 20.6 Å². The molecule has 0 aliphatic heterocycles. The molecule has 2 N–H and O–H groups in total. The number of hydrogen-bond donors (Lipinski definition) is 2. The molecule has 2 atom stereocenters. The first-order valence-electron chi connectivity index (χ1n) is 8.01. The second kappa shape index (κ2) is 8.39. The van der Waals surface area contributed by atoms with Crippen LogP contribution in [-0.4, -0.2) is 28.5 Å². The van der Waals surface area contributed by atoms with Gasteiger partial charge in [0, 0.05) is 30.5 Å². The maximum absolute atomic E-state index is 11.9. The summed E-state index contributed by atoms with van der Waals surface area (Å²) in [6.07, 6.45) is 6.06. The summed E-state index contributed by atoms with van der Waals surface area (Å²) in [5, 5.41) is 6.23. The van der Waals surface area contributed by atoms with Gasteiger partial charge < -0.3 is 5.32 Å². The number of carbonyl (C=O) groups excluding carboxylic acids is 1. The first-order chi connectivity index (χ1) is 11.1. The number of carbonyl (C=O) groups is 1. The molecule has 0 aliphatic carbocycles. The Kier molecular flexibility index (Phi) is 6.23. The van der Waals surface area contributed by atoms with Crippen LogP contribution in [0.4, 0.5) is 0 Å². The predicted molar refractivity (Wildman–Crippen MR) is 91.8 cm³/mol. The lowest BCUT2D eigenvalue weighted by Gasteiger charge is -2.20. The zero-order valence-corrected chi connectivity index (χ0v) is 13.9. The standard InChI is InChI=1S/C18H24N4O/c1-4-9-21-18(23)14(3)22-13(2)15-5-7-16(8-6-15)17-10-19-12-20-11-17/h5-8,10-14,22H,4,9H2,1-3H3,(H,21,23). The molecule has 1 aromatic heterocycles. The highest BCUT2D eigenvalue weighted by Crippen LogP contribution is 2.20. The third kappa shape index (κ3) is 4.86. The SMILES string of the molecule is CCCNC(=O)C(C)NC(C)c1ccc(-c2cncnc2)cc1. The van der Waals surface area contributed by atoms with E-state index in [0.29, 0.717) is 6.54 Å². The Morgan fingerprint density at radius 1 is 1.09 bits per heavy atom. The smallest absolute Gasteiger partial charge is 0.236 e. The van der Waals surface area contributed by atoms with Gasteiger partial charge >= 0.3 is 0 Å². The number of amides is 1. The Morgan fingerprint density at radius 2 is 1.74 bits per heavy atom. The number of rotatable bonds is 7. The van der Waals surface area contributed by atoms with Crippen molar-refractivity contribution >= 4 is 5.91 Å². The summed E-state index contributed by atoms with van der Waals surface area (Å²) in [5.41, 5.74) is 3.21. The van der Waals surface area contributed by atoms with Crippen LogP contribution in [0.1, 0.15) is 38.8 Å². The molecular formula is C18H24N4O. The van der Waals surface area contributed by atoms with Crippen LogP contribution in [0.15, 0.2) is 43.0 Å². The summed E-state index contributed by atoms with van der Waals surface area (Å²) < 4.78 is 0. The predicted octanol–water partition coefficient (Wildman–Crippen LogP) is 2.71. The van der Waals surface area contributed by atoms with E-state index in [-0.39, 0.29) is 18.0 Å². The fourth-order valence-electron chi connectivity index (χ4n) is 2.36. The van der Waals surface area contributed by atoms with E-state index in [4.69, 9.17) is 0 Å². The summed E-state index contributed by atoms with van der Waals surface area (Å²) in [6, 6.07) is 8.10. The highest BCUT2D eigenvalue weighted by molar-refractivity contribution is 5.81. The van der Waals surface area contributed by atoms with Crippen LogP contribution < -0.4 is 10.6 Å². The highest BCUT2D eigenvalue weighted by atomic mass is 16.2. The largest absolute Gasteiger partial charge is 0.355 e. The summed E-state index contributed by atoms with van der Waals surface area (Å²) in [6.45, 7) is 6.70. The Balaban J connectivity index is 1.97. The molecule has 0 aliphatic rings. The molecule has 1 aromatic carbocycles. The fraction of sp³-hybridized carbons (Fsp3) is 0.389. The molecule has 1 heterocycles. The van der Waals surface area contributed by atoms with E-state index >= 15 is 0 Å². The highest BCUT2D eigenvalue weighted by Gasteiger charge is 2.15. The molecular weight excluding hydrogens is 288 g/mol. The molecule has 2 unspecified atom stereocenters. The molecule has 0 spiro atoms. The van der Waals surface area contributed by atoms with Crippen molar-refractivity contribution in [1.29, 1.82) is 0 Å². The lowest BCUT2D eigenvalue weighted by molar-refractivity contribution is -0.122. The number of aromatic nitrogens is 2. The quantitative estimate of drug-likeness (QED) is 0.825. The van der Waals surface area contributed by atoms with Gasteiger partial charge in [0.2, 0.25) is 5.91 Å². The van der Waals surface area contributed by atoms with Crippen molar-refractivity contribution < 1.29 is 4.79 Å². The van der Waals surface area contributed by atoms with Crippen LogP contribution in [-0.2, 0) is 4.79 Å². The summed E-state index contributed by atoms with van der Waals surface area (Å²) in [4.78, 5) is 20.0. The maximum atomic E-state index is 11.9. The second-order valence-electron chi connectivity index (χ2n) is 5.65. The van der Waals surface area contributed by atoms with E-state index in [2.05, 4.69) is 39.7 Å². The Labute approximate surface area is 137 Å². The van der Waals surface area contributed by atoms with Crippen molar-refractivity contribution in [3.8, 4) is 11.1 Å². The molecule has 1 amide bonds. The average molecular weight is 312 g/mol. The molecule has 0 fully saturated rings. The van der Waals surface area contributed by atoms with Gasteiger partial charge in [-0.05, 0) is 31.4 Å². The van der Waals surface area contributed by atoms with Crippen molar-refractivity contribution in [2.75, 3.05) is 6.54 Å². The van der Waals surface area contributed by atoms with Crippen LogP contribution >= 0.6 is 0 Å². The Bertz CT molecular complexity index is 613. The van der Waals surface area contributed by atoms with E-state index in [0.717, 1.165) is 23.1 Å². The number of hydrogen-bond acceptors (Lipinski definition) is 4. The van der Waals surface area contributed by atoms with Crippen LogP contribution in [0.2, 0.25) is 0 Å². The second-order valence-corrected chi connectivity index (χ2v) is 5.65. The van der Waals surface area contributed by atoms with Crippen molar-refractivity contribution in [2.45, 2.75) is 39.3 Å². The molecule has 23 heavy (non-hydrogen) atoms. The topological polar surface area (TPSA) is 66.9 Å². The molecule has 5 heteroatoms. The van der Waals surface area contributed by atoms with E-state index in [1.54, 1.807) is 12.4 Å². The third-order valence-electron chi connectivity index (χ3n) is 3.75. The van der Waals surface area contributed by atoms with Crippen LogP contribution in [0.25, 0.3) is 11.1 Å². The van der Waals surface area contributed by atoms with Crippen molar-refractivity contribution in [2.24, 2.45) is 0 Å². The number of nitrogens with zero attached hydrogens (tertiary/aromatic N) is 2. The summed E-state index contributed by atoms with van der Waals surface area (Å²) in [5.74, 6) is 0.0387. The zero-order chi connectivity index (χ0) is 16.7. The summed E-state index contributed by atoms with van der Waals surface area (Å²) in [7, 11) is 0. The zero-order valence-electron chi connectivity index (χ0n) is 13.9. The summed E-state index contributed by atoms with van der Waals surface area (Å²) >= 11 is 0. The molecule has 0 bridgehead atoms. The van der Waals surface area contributed by atoms with Gasteiger partial charge in [-0.1, -0.05) is 31.2 Å². The van der Waals surface area contributed by atoms with Gasteiger partial charge in [-0.15, -0.1) is 0 Å². The van der Waals surface area contributed by atoms with Crippen molar-refractivity contribution in [3.05, 3.63) is 48.5 Å². The molecule has 122 valence electrons. The van der Waals surface area contributed by atoms with E-state index in [1.807, 2.05) is 26.0 Å². The van der Waals surface area contributed by atoms with Gasteiger partial charge in [-0.25, -0.2) is 9.97 Å².